The lowest BCUT2D eigenvalue weighted by atomic mass is 10.00. The summed E-state index contributed by atoms with van der Waals surface area (Å²) in [6, 6.07) is 9.82. The van der Waals surface area contributed by atoms with Crippen LogP contribution >= 0.6 is 0 Å². The molecule has 1 aromatic rings. The number of benzene rings is 1. The molecular weight excluding hydrogens is 212 g/mol. The molecule has 94 valence electrons. The van der Waals surface area contributed by atoms with Crippen molar-refractivity contribution in [3.05, 3.63) is 35.9 Å². The Balaban J connectivity index is 2.37. The Kier molecular flexibility index (Phi) is 6.38. The summed E-state index contributed by atoms with van der Waals surface area (Å²) >= 11 is 0. The summed E-state index contributed by atoms with van der Waals surface area (Å²) in [6.45, 7) is 4.58. The van der Waals surface area contributed by atoms with Crippen molar-refractivity contribution in [1.29, 1.82) is 0 Å². The number of ether oxygens (including phenoxy) is 1. The van der Waals surface area contributed by atoms with Gasteiger partial charge in [0.05, 0.1) is 5.92 Å². The Morgan fingerprint density at radius 1 is 1.24 bits per heavy atom. The van der Waals surface area contributed by atoms with Crippen LogP contribution in [0.1, 0.15) is 45.1 Å². The van der Waals surface area contributed by atoms with E-state index in [0.717, 1.165) is 31.2 Å². The molecule has 2 heteroatoms. The van der Waals surface area contributed by atoms with Gasteiger partial charge in [-0.2, -0.15) is 0 Å². The largest absolute Gasteiger partial charge is 0.461 e. The Morgan fingerprint density at radius 2 is 1.94 bits per heavy atom. The zero-order valence-electron chi connectivity index (χ0n) is 10.8. The SMILES string of the molecule is CCCC[C@@H](CC)C(=O)OCc1ccccc1. The number of esters is 1. The second-order valence-electron chi connectivity index (χ2n) is 4.34. The van der Waals surface area contributed by atoms with Crippen molar-refractivity contribution in [3.63, 3.8) is 0 Å². The Bertz CT molecular complexity index is 319. The lowest BCUT2D eigenvalue weighted by molar-refractivity contribution is -0.150. The lowest BCUT2D eigenvalue weighted by Crippen LogP contribution is -2.17. The van der Waals surface area contributed by atoms with Crippen molar-refractivity contribution in [2.75, 3.05) is 0 Å². The molecule has 0 aliphatic rings. The molecule has 0 aliphatic heterocycles. The minimum absolute atomic E-state index is 0.0511. The van der Waals surface area contributed by atoms with Gasteiger partial charge in [-0.1, -0.05) is 57.0 Å². The third-order valence-electron chi connectivity index (χ3n) is 2.96. The summed E-state index contributed by atoms with van der Waals surface area (Å²) in [5, 5.41) is 0. The van der Waals surface area contributed by atoms with Crippen LogP contribution in [0.5, 0.6) is 0 Å². The molecule has 0 heterocycles. The summed E-state index contributed by atoms with van der Waals surface area (Å²) in [4.78, 5) is 11.8. The van der Waals surface area contributed by atoms with E-state index >= 15 is 0 Å². The molecule has 0 radical (unpaired) electrons. The van der Waals surface area contributed by atoms with E-state index in [1.54, 1.807) is 0 Å². The second kappa shape index (κ2) is 7.88. The van der Waals surface area contributed by atoms with Crippen LogP contribution in [0.2, 0.25) is 0 Å². The van der Waals surface area contributed by atoms with Crippen LogP contribution in [0.15, 0.2) is 30.3 Å². The first-order valence-electron chi connectivity index (χ1n) is 6.48. The van der Waals surface area contributed by atoms with Gasteiger partial charge in [0.2, 0.25) is 0 Å². The van der Waals surface area contributed by atoms with Gasteiger partial charge in [-0.15, -0.1) is 0 Å². The standard InChI is InChI=1S/C15H22O2/c1-3-5-11-14(4-2)15(16)17-12-13-9-7-6-8-10-13/h6-10,14H,3-5,11-12H2,1-2H3/t14-/m1/s1. The molecule has 0 bridgehead atoms. The molecule has 0 saturated heterocycles. The summed E-state index contributed by atoms with van der Waals surface area (Å²) in [5.41, 5.74) is 1.05. The van der Waals surface area contributed by atoms with E-state index in [1.807, 2.05) is 37.3 Å². The highest BCUT2D eigenvalue weighted by molar-refractivity contribution is 5.72. The molecule has 1 aromatic carbocycles. The molecule has 0 amide bonds. The first kappa shape index (κ1) is 13.8. The zero-order valence-corrected chi connectivity index (χ0v) is 10.8. The maximum absolute atomic E-state index is 11.8. The molecule has 1 rings (SSSR count). The highest BCUT2D eigenvalue weighted by Gasteiger charge is 2.17. The van der Waals surface area contributed by atoms with Gasteiger partial charge in [0.1, 0.15) is 6.61 Å². The molecule has 0 N–H and O–H groups in total. The van der Waals surface area contributed by atoms with E-state index in [1.165, 1.54) is 0 Å². The van der Waals surface area contributed by atoms with Crippen molar-refractivity contribution < 1.29 is 9.53 Å². The normalized spacial score (nSPS) is 12.1. The van der Waals surface area contributed by atoms with Gasteiger partial charge in [0, 0.05) is 0 Å². The average molecular weight is 234 g/mol. The minimum atomic E-state index is -0.0511. The summed E-state index contributed by atoms with van der Waals surface area (Å²) in [6.07, 6.45) is 4.04. The van der Waals surface area contributed by atoms with Crippen LogP contribution in [0.4, 0.5) is 0 Å². The predicted molar refractivity (Wildman–Crippen MR) is 69.5 cm³/mol. The van der Waals surface area contributed by atoms with E-state index in [9.17, 15) is 4.79 Å². The van der Waals surface area contributed by atoms with E-state index in [0.29, 0.717) is 6.61 Å². The second-order valence-corrected chi connectivity index (χ2v) is 4.34. The quantitative estimate of drug-likeness (QED) is 0.668. The lowest BCUT2D eigenvalue weighted by Gasteiger charge is -2.13. The van der Waals surface area contributed by atoms with Crippen molar-refractivity contribution in [2.24, 2.45) is 5.92 Å². The molecule has 0 saturated carbocycles. The number of carbonyl (C=O) groups is 1. The number of carbonyl (C=O) groups excluding carboxylic acids is 1. The molecule has 2 nitrogen and oxygen atoms in total. The summed E-state index contributed by atoms with van der Waals surface area (Å²) in [5.74, 6) is 0.0171. The van der Waals surface area contributed by atoms with Crippen LogP contribution in [-0.2, 0) is 16.1 Å². The van der Waals surface area contributed by atoms with Gasteiger partial charge in [0.15, 0.2) is 0 Å². The highest BCUT2D eigenvalue weighted by atomic mass is 16.5. The van der Waals surface area contributed by atoms with Gasteiger partial charge in [-0.25, -0.2) is 0 Å². The van der Waals surface area contributed by atoms with Crippen molar-refractivity contribution in [3.8, 4) is 0 Å². The zero-order chi connectivity index (χ0) is 12.5. The van der Waals surface area contributed by atoms with Gasteiger partial charge < -0.3 is 4.74 Å². The first-order valence-corrected chi connectivity index (χ1v) is 6.48. The molecule has 1 atom stereocenters. The summed E-state index contributed by atoms with van der Waals surface area (Å²) in [7, 11) is 0. The fraction of sp³-hybridized carbons (Fsp3) is 0.533. The number of hydrogen-bond acceptors (Lipinski definition) is 2. The molecule has 0 spiro atoms. The van der Waals surface area contributed by atoms with Crippen LogP contribution in [-0.4, -0.2) is 5.97 Å². The maximum Gasteiger partial charge on any atom is 0.309 e. The highest BCUT2D eigenvalue weighted by Crippen LogP contribution is 2.15. The number of unbranched alkanes of at least 4 members (excludes halogenated alkanes) is 1. The molecular formula is C15H22O2. The topological polar surface area (TPSA) is 26.3 Å². The smallest absolute Gasteiger partial charge is 0.309 e. The van der Waals surface area contributed by atoms with Crippen molar-refractivity contribution in [2.45, 2.75) is 46.1 Å². The van der Waals surface area contributed by atoms with E-state index < -0.39 is 0 Å². The summed E-state index contributed by atoms with van der Waals surface area (Å²) < 4.78 is 5.34. The minimum Gasteiger partial charge on any atom is -0.461 e. The molecule has 0 unspecified atom stereocenters. The molecule has 0 aromatic heterocycles. The van der Waals surface area contributed by atoms with Crippen molar-refractivity contribution in [1.82, 2.24) is 0 Å². The van der Waals surface area contributed by atoms with Gasteiger partial charge >= 0.3 is 5.97 Å². The third-order valence-corrected chi connectivity index (χ3v) is 2.96. The fourth-order valence-corrected chi connectivity index (χ4v) is 1.79. The maximum atomic E-state index is 11.8. The molecule has 0 fully saturated rings. The van der Waals surface area contributed by atoms with Crippen LogP contribution in [0, 0.1) is 5.92 Å². The molecule has 0 aliphatic carbocycles. The monoisotopic (exact) mass is 234 g/mol. The molecule has 17 heavy (non-hydrogen) atoms. The van der Waals surface area contributed by atoms with Crippen LogP contribution in [0.3, 0.4) is 0 Å². The van der Waals surface area contributed by atoms with Crippen molar-refractivity contribution >= 4 is 5.97 Å². The Hall–Kier alpha value is -1.31. The fourth-order valence-electron chi connectivity index (χ4n) is 1.79. The first-order chi connectivity index (χ1) is 8.27. The number of rotatable bonds is 7. The van der Waals surface area contributed by atoms with Gasteiger partial charge in [0.25, 0.3) is 0 Å². The average Bonchev–Trinajstić information content (AvgIpc) is 2.38. The Morgan fingerprint density at radius 3 is 2.53 bits per heavy atom. The number of hydrogen-bond donors (Lipinski definition) is 0. The van der Waals surface area contributed by atoms with E-state index in [2.05, 4.69) is 6.92 Å². The Labute approximate surface area is 104 Å². The van der Waals surface area contributed by atoms with E-state index in [4.69, 9.17) is 4.74 Å². The van der Waals surface area contributed by atoms with Crippen LogP contribution < -0.4 is 0 Å². The van der Waals surface area contributed by atoms with Crippen LogP contribution in [0.25, 0.3) is 0 Å². The van der Waals surface area contributed by atoms with Gasteiger partial charge in [-0.3, -0.25) is 4.79 Å². The van der Waals surface area contributed by atoms with E-state index in [-0.39, 0.29) is 11.9 Å². The predicted octanol–water partition coefficient (Wildman–Crippen LogP) is 3.95. The van der Waals surface area contributed by atoms with Gasteiger partial charge in [-0.05, 0) is 18.4 Å². The third kappa shape index (κ3) is 5.03.